The Labute approximate surface area is 137 Å². The standard InChI is InChI=1S/C16H17BrN4O/c1-21-10-11(9-19-21)14(22)20-15(18)16(7-2-8-16)12-3-5-13(17)6-4-12/h3-6,9-10H,2,7-8H2,1H3,(H2,18,20,22). The number of nitrogens with one attached hydrogen (secondary N) is 2. The van der Waals surface area contributed by atoms with Crippen LogP contribution < -0.4 is 5.32 Å². The van der Waals surface area contributed by atoms with Crippen molar-refractivity contribution in [1.82, 2.24) is 15.1 Å². The third-order valence-electron chi connectivity index (χ3n) is 4.29. The fraction of sp³-hybridized carbons (Fsp3) is 0.312. The molecule has 1 aromatic carbocycles. The summed E-state index contributed by atoms with van der Waals surface area (Å²) in [6, 6.07) is 8.00. The van der Waals surface area contributed by atoms with Crippen LogP contribution in [-0.4, -0.2) is 21.5 Å². The number of halogens is 1. The second-order valence-electron chi connectivity index (χ2n) is 5.67. The molecule has 114 valence electrons. The quantitative estimate of drug-likeness (QED) is 0.652. The van der Waals surface area contributed by atoms with E-state index in [1.807, 2.05) is 24.3 Å². The minimum atomic E-state index is -0.363. The number of carbonyl (C=O) groups excluding carboxylic acids is 1. The zero-order chi connectivity index (χ0) is 15.7. The van der Waals surface area contributed by atoms with Crippen LogP contribution in [0.5, 0.6) is 0 Å². The number of amidine groups is 1. The Bertz CT molecular complexity index is 716. The van der Waals surface area contributed by atoms with Gasteiger partial charge >= 0.3 is 0 Å². The number of hydrogen-bond acceptors (Lipinski definition) is 3. The Balaban J connectivity index is 1.80. The topological polar surface area (TPSA) is 70.8 Å². The summed E-state index contributed by atoms with van der Waals surface area (Å²) in [6.07, 6.45) is 6.01. The Hall–Kier alpha value is -1.95. The fourth-order valence-electron chi connectivity index (χ4n) is 2.83. The largest absolute Gasteiger partial charge is 0.310 e. The van der Waals surface area contributed by atoms with Gasteiger partial charge in [0.05, 0.1) is 17.2 Å². The molecule has 0 spiro atoms. The van der Waals surface area contributed by atoms with E-state index in [0.717, 1.165) is 29.3 Å². The molecule has 0 atom stereocenters. The van der Waals surface area contributed by atoms with Crippen LogP contribution in [0.25, 0.3) is 0 Å². The summed E-state index contributed by atoms with van der Waals surface area (Å²) < 4.78 is 2.59. The molecule has 2 aromatic rings. The number of rotatable bonds is 3. The van der Waals surface area contributed by atoms with Crippen LogP contribution in [0.15, 0.2) is 41.1 Å². The Kier molecular flexibility index (Phi) is 3.87. The van der Waals surface area contributed by atoms with Crippen molar-refractivity contribution >= 4 is 27.7 Å². The van der Waals surface area contributed by atoms with E-state index in [2.05, 4.69) is 26.3 Å². The second-order valence-corrected chi connectivity index (χ2v) is 6.59. The highest BCUT2D eigenvalue weighted by Gasteiger charge is 2.43. The lowest BCUT2D eigenvalue weighted by Crippen LogP contribution is -2.50. The van der Waals surface area contributed by atoms with Gasteiger partial charge in [-0.25, -0.2) is 0 Å². The number of carbonyl (C=O) groups is 1. The zero-order valence-electron chi connectivity index (χ0n) is 12.3. The average molecular weight is 361 g/mol. The molecular formula is C16H17BrN4O. The first-order valence-corrected chi connectivity index (χ1v) is 7.96. The van der Waals surface area contributed by atoms with Crippen molar-refractivity contribution in [2.24, 2.45) is 7.05 Å². The summed E-state index contributed by atoms with van der Waals surface area (Å²) in [5.41, 5.74) is 1.19. The van der Waals surface area contributed by atoms with Gasteiger partial charge < -0.3 is 5.32 Å². The molecule has 6 heteroatoms. The molecule has 2 N–H and O–H groups in total. The van der Waals surface area contributed by atoms with Gasteiger partial charge in [0.2, 0.25) is 0 Å². The first kappa shape index (κ1) is 15.0. The van der Waals surface area contributed by atoms with Gasteiger partial charge in [0, 0.05) is 17.7 Å². The molecule has 1 fully saturated rings. The number of nitrogens with zero attached hydrogens (tertiary/aromatic N) is 2. The van der Waals surface area contributed by atoms with Gasteiger partial charge in [-0.1, -0.05) is 34.5 Å². The fourth-order valence-corrected chi connectivity index (χ4v) is 3.09. The molecule has 1 aliphatic carbocycles. The lowest BCUT2D eigenvalue weighted by molar-refractivity contribution is 0.0972. The molecule has 0 saturated heterocycles. The van der Waals surface area contributed by atoms with Crippen LogP contribution in [0.1, 0.15) is 35.2 Å². The highest BCUT2D eigenvalue weighted by Crippen LogP contribution is 2.44. The molecule has 0 aliphatic heterocycles. The van der Waals surface area contributed by atoms with Crippen molar-refractivity contribution in [3.63, 3.8) is 0 Å². The predicted octanol–water partition coefficient (Wildman–Crippen LogP) is 3.01. The molecule has 1 heterocycles. The number of aromatic nitrogens is 2. The molecule has 3 rings (SSSR count). The summed E-state index contributed by atoms with van der Waals surface area (Å²) >= 11 is 3.43. The van der Waals surface area contributed by atoms with Crippen molar-refractivity contribution in [2.45, 2.75) is 24.7 Å². The third kappa shape index (κ3) is 2.59. The molecular weight excluding hydrogens is 344 g/mol. The Morgan fingerprint density at radius 3 is 2.55 bits per heavy atom. The van der Waals surface area contributed by atoms with Crippen LogP contribution in [0.4, 0.5) is 0 Å². The summed E-state index contributed by atoms with van der Waals surface area (Å²) in [7, 11) is 1.76. The third-order valence-corrected chi connectivity index (χ3v) is 4.82. The van der Waals surface area contributed by atoms with Gasteiger partial charge in [-0.2, -0.15) is 5.10 Å². The highest BCUT2D eigenvalue weighted by atomic mass is 79.9. The first-order chi connectivity index (χ1) is 10.5. The maximum Gasteiger partial charge on any atom is 0.259 e. The Morgan fingerprint density at radius 1 is 1.36 bits per heavy atom. The summed E-state index contributed by atoms with van der Waals surface area (Å²) in [4.78, 5) is 12.2. The van der Waals surface area contributed by atoms with Crippen molar-refractivity contribution in [3.05, 3.63) is 52.3 Å². The molecule has 1 amide bonds. The molecule has 0 radical (unpaired) electrons. The van der Waals surface area contributed by atoms with Gasteiger partial charge in [0.15, 0.2) is 0 Å². The lowest BCUT2D eigenvalue weighted by Gasteiger charge is -2.42. The molecule has 5 nitrogen and oxygen atoms in total. The first-order valence-electron chi connectivity index (χ1n) is 7.16. The molecule has 1 aliphatic rings. The van der Waals surface area contributed by atoms with Crippen molar-refractivity contribution < 1.29 is 4.79 Å². The van der Waals surface area contributed by atoms with Crippen LogP contribution in [-0.2, 0) is 12.5 Å². The van der Waals surface area contributed by atoms with E-state index in [-0.39, 0.29) is 17.2 Å². The van der Waals surface area contributed by atoms with Crippen LogP contribution in [0, 0.1) is 5.41 Å². The smallest absolute Gasteiger partial charge is 0.259 e. The minimum absolute atomic E-state index is 0.273. The van der Waals surface area contributed by atoms with Gasteiger partial charge in [-0.15, -0.1) is 0 Å². The molecule has 1 aromatic heterocycles. The molecule has 0 bridgehead atoms. The van der Waals surface area contributed by atoms with Crippen molar-refractivity contribution in [1.29, 1.82) is 5.41 Å². The Morgan fingerprint density at radius 2 is 2.05 bits per heavy atom. The number of hydrogen-bond donors (Lipinski definition) is 2. The van der Waals surface area contributed by atoms with E-state index in [9.17, 15) is 4.79 Å². The van der Waals surface area contributed by atoms with Crippen LogP contribution >= 0.6 is 15.9 Å². The van der Waals surface area contributed by atoms with E-state index in [1.165, 1.54) is 6.20 Å². The average Bonchev–Trinajstić information content (AvgIpc) is 2.86. The summed E-state index contributed by atoms with van der Waals surface area (Å²) in [5, 5.41) is 15.1. The van der Waals surface area contributed by atoms with Crippen molar-refractivity contribution in [3.8, 4) is 0 Å². The number of benzene rings is 1. The molecule has 0 unspecified atom stereocenters. The molecule has 1 saturated carbocycles. The SMILES string of the molecule is Cn1cc(C(=O)NC(=N)C2(c3ccc(Br)cc3)CCC2)cn1. The zero-order valence-corrected chi connectivity index (χ0v) is 13.9. The lowest BCUT2D eigenvalue weighted by atomic mass is 9.63. The predicted molar refractivity (Wildman–Crippen MR) is 88.1 cm³/mol. The summed E-state index contributed by atoms with van der Waals surface area (Å²) in [6.45, 7) is 0. The minimum Gasteiger partial charge on any atom is -0.310 e. The monoisotopic (exact) mass is 360 g/mol. The number of aryl methyl sites for hydroxylation is 1. The van der Waals surface area contributed by atoms with Gasteiger partial charge in [-0.05, 0) is 30.5 Å². The van der Waals surface area contributed by atoms with E-state index < -0.39 is 0 Å². The van der Waals surface area contributed by atoms with E-state index in [0.29, 0.717) is 5.56 Å². The van der Waals surface area contributed by atoms with Gasteiger partial charge in [0.25, 0.3) is 5.91 Å². The summed E-state index contributed by atoms with van der Waals surface area (Å²) in [5.74, 6) is -0.00332. The maximum atomic E-state index is 12.2. The van der Waals surface area contributed by atoms with E-state index in [4.69, 9.17) is 5.41 Å². The van der Waals surface area contributed by atoms with Crippen molar-refractivity contribution in [2.75, 3.05) is 0 Å². The van der Waals surface area contributed by atoms with E-state index >= 15 is 0 Å². The van der Waals surface area contributed by atoms with Gasteiger partial charge in [-0.3, -0.25) is 14.9 Å². The van der Waals surface area contributed by atoms with E-state index in [1.54, 1.807) is 17.9 Å². The maximum absolute atomic E-state index is 12.2. The van der Waals surface area contributed by atoms with Crippen LogP contribution in [0.3, 0.4) is 0 Å². The number of amides is 1. The second kappa shape index (κ2) is 5.68. The normalized spacial score (nSPS) is 15.9. The molecule has 22 heavy (non-hydrogen) atoms. The van der Waals surface area contributed by atoms with Crippen LogP contribution in [0.2, 0.25) is 0 Å². The highest BCUT2D eigenvalue weighted by molar-refractivity contribution is 9.10. The van der Waals surface area contributed by atoms with Gasteiger partial charge in [0.1, 0.15) is 5.84 Å².